The molecular formula is C25H27NO. The Hall–Kier alpha value is -2.42. The van der Waals surface area contributed by atoms with Gasteiger partial charge in [0.15, 0.2) is 0 Å². The third kappa shape index (κ3) is 3.43. The van der Waals surface area contributed by atoms with Gasteiger partial charge < -0.3 is 5.11 Å². The molecule has 0 spiro atoms. The van der Waals surface area contributed by atoms with Crippen molar-refractivity contribution in [1.29, 1.82) is 0 Å². The number of hydrogen-bond donors (Lipinski definition) is 1. The summed E-state index contributed by atoms with van der Waals surface area (Å²) in [6, 6.07) is 31.9. The molecular weight excluding hydrogens is 330 g/mol. The van der Waals surface area contributed by atoms with Crippen molar-refractivity contribution in [3.63, 3.8) is 0 Å². The smallest absolute Gasteiger partial charge is 0.0724 e. The van der Waals surface area contributed by atoms with Crippen LogP contribution in [0.3, 0.4) is 0 Å². The highest BCUT2D eigenvalue weighted by atomic mass is 16.3. The minimum Gasteiger partial charge on any atom is -0.389 e. The third-order valence-corrected chi connectivity index (χ3v) is 6.01. The molecule has 0 radical (unpaired) electrons. The van der Waals surface area contributed by atoms with E-state index in [4.69, 9.17) is 0 Å². The number of likely N-dealkylation sites (N-methyl/N-ethyl adjacent to an activating group) is 1. The van der Waals surface area contributed by atoms with Crippen LogP contribution in [0.15, 0.2) is 91.0 Å². The molecule has 1 heterocycles. The molecule has 4 rings (SSSR count). The van der Waals surface area contributed by atoms with Crippen molar-refractivity contribution < 1.29 is 5.11 Å². The molecule has 1 saturated heterocycles. The van der Waals surface area contributed by atoms with Crippen molar-refractivity contribution in [2.45, 2.75) is 36.9 Å². The number of hydrogen-bond acceptors (Lipinski definition) is 2. The number of aliphatic hydroxyl groups is 1. The Morgan fingerprint density at radius 1 is 0.741 bits per heavy atom. The second-order valence-corrected chi connectivity index (χ2v) is 7.90. The van der Waals surface area contributed by atoms with Gasteiger partial charge in [-0.15, -0.1) is 0 Å². The molecule has 1 N–H and O–H groups in total. The van der Waals surface area contributed by atoms with Gasteiger partial charge >= 0.3 is 0 Å². The van der Waals surface area contributed by atoms with Crippen LogP contribution in [0.5, 0.6) is 0 Å². The number of benzene rings is 3. The second-order valence-electron chi connectivity index (χ2n) is 7.90. The van der Waals surface area contributed by atoms with Crippen LogP contribution in [-0.4, -0.2) is 22.7 Å². The Bertz CT molecular complexity index is 861. The van der Waals surface area contributed by atoms with Gasteiger partial charge in [-0.25, -0.2) is 0 Å². The first-order valence-electron chi connectivity index (χ1n) is 9.67. The fourth-order valence-corrected chi connectivity index (χ4v) is 4.74. The van der Waals surface area contributed by atoms with E-state index < -0.39 is 5.60 Å². The molecule has 4 unspecified atom stereocenters. The molecule has 3 aromatic carbocycles. The van der Waals surface area contributed by atoms with E-state index in [9.17, 15) is 5.11 Å². The summed E-state index contributed by atoms with van der Waals surface area (Å²) in [5.41, 5.74) is 2.88. The maximum atomic E-state index is 11.6. The first kappa shape index (κ1) is 18.0. The Balaban J connectivity index is 1.84. The molecule has 0 amide bonds. The topological polar surface area (TPSA) is 23.5 Å². The van der Waals surface area contributed by atoms with Gasteiger partial charge in [-0.1, -0.05) is 91.0 Å². The van der Waals surface area contributed by atoms with E-state index in [-0.39, 0.29) is 18.0 Å². The largest absolute Gasteiger partial charge is 0.389 e. The summed E-state index contributed by atoms with van der Waals surface area (Å²) in [5.74, 6) is 0.00561. The van der Waals surface area contributed by atoms with E-state index in [1.807, 2.05) is 19.1 Å². The maximum absolute atomic E-state index is 11.6. The van der Waals surface area contributed by atoms with Crippen LogP contribution in [0.2, 0.25) is 0 Å². The molecule has 2 nitrogen and oxygen atoms in total. The van der Waals surface area contributed by atoms with Gasteiger partial charge in [-0.2, -0.15) is 0 Å². The fraction of sp³-hybridized carbons (Fsp3) is 0.280. The number of likely N-dealkylation sites (tertiary alicyclic amines) is 1. The molecule has 0 aliphatic carbocycles. The lowest BCUT2D eigenvalue weighted by Crippen LogP contribution is -2.50. The van der Waals surface area contributed by atoms with Crippen LogP contribution in [-0.2, 0) is 0 Å². The predicted molar refractivity (Wildman–Crippen MR) is 111 cm³/mol. The zero-order valence-electron chi connectivity index (χ0n) is 16.0. The summed E-state index contributed by atoms with van der Waals surface area (Å²) < 4.78 is 0. The van der Waals surface area contributed by atoms with Gasteiger partial charge in [-0.3, -0.25) is 4.90 Å². The summed E-state index contributed by atoms with van der Waals surface area (Å²) in [5, 5.41) is 11.6. The molecule has 4 atom stereocenters. The highest BCUT2D eigenvalue weighted by molar-refractivity contribution is 5.34. The Labute approximate surface area is 162 Å². The number of piperidine rings is 1. The standard InChI is InChI=1S/C25H27NO/c1-25(27)18-22(19-12-6-3-7-13-19)26(2)24(21-16-10-5-11-17-21)23(25)20-14-8-4-9-15-20/h3-17,22-24,27H,18H2,1-2H3. The summed E-state index contributed by atoms with van der Waals surface area (Å²) in [4.78, 5) is 2.44. The zero-order valence-corrected chi connectivity index (χ0v) is 16.0. The monoisotopic (exact) mass is 357 g/mol. The van der Waals surface area contributed by atoms with Crippen LogP contribution in [0.25, 0.3) is 0 Å². The minimum absolute atomic E-state index is 0.00561. The minimum atomic E-state index is -0.811. The van der Waals surface area contributed by atoms with Crippen molar-refractivity contribution in [2.75, 3.05) is 7.05 Å². The summed E-state index contributed by atoms with van der Waals surface area (Å²) in [6.45, 7) is 2.00. The molecule has 1 aliphatic heterocycles. The normalized spacial score (nSPS) is 28.8. The molecule has 138 valence electrons. The van der Waals surface area contributed by atoms with E-state index in [1.165, 1.54) is 16.7 Å². The average molecular weight is 357 g/mol. The van der Waals surface area contributed by atoms with Gasteiger partial charge in [0.25, 0.3) is 0 Å². The highest BCUT2D eigenvalue weighted by Gasteiger charge is 2.49. The summed E-state index contributed by atoms with van der Waals surface area (Å²) in [7, 11) is 2.19. The quantitative estimate of drug-likeness (QED) is 0.684. The van der Waals surface area contributed by atoms with E-state index in [0.717, 1.165) is 0 Å². The molecule has 1 aliphatic rings. The van der Waals surface area contributed by atoms with Gasteiger partial charge in [-0.05, 0) is 37.1 Å². The van der Waals surface area contributed by atoms with Crippen molar-refractivity contribution in [3.05, 3.63) is 108 Å². The Morgan fingerprint density at radius 3 is 1.70 bits per heavy atom. The van der Waals surface area contributed by atoms with Crippen LogP contribution < -0.4 is 0 Å². The lowest BCUT2D eigenvalue weighted by atomic mass is 9.68. The highest BCUT2D eigenvalue weighted by Crippen LogP contribution is 2.53. The van der Waals surface area contributed by atoms with Gasteiger partial charge in [0.1, 0.15) is 0 Å². The number of rotatable bonds is 3. The SMILES string of the molecule is CN1C(c2ccccc2)CC(C)(O)C(c2ccccc2)C1c1ccccc1. The van der Waals surface area contributed by atoms with E-state index in [1.54, 1.807) is 0 Å². The summed E-state index contributed by atoms with van der Waals surface area (Å²) in [6.07, 6.45) is 0.705. The predicted octanol–water partition coefficient (Wildman–Crippen LogP) is 5.34. The van der Waals surface area contributed by atoms with Crippen molar-refractivity contribution >= 4 is 0 Å². The average Bonchev–Trinajstić information content (AvgIpc) is 2.71. The lowest BCUT2D eigenvalue weighted by molar-refractivity contribution is -0.0776. The Morgan fingerprint density at radius 2 is 1.19 bits per heavy atom. The fourth-order valence-electron chi connectivity index (χ4n) is 4.74. The van der Waals surface area contributed by atoms with E-state index in [2.05, 4.69) is 90.8 Å². The van der Waals surface area contributed by atoms with Crippen LogP contribution in [0, 0.1) is 0 Å². The molecule has 0 saturated carbocycles. The van der Waals surface area contributed by atoms with Gasteiger partial charge in [0.05, 0.1) is 5.60 Å². The van der Waals surface area contributed by atoms with Crippen molar-refractivity contribution in [1.82, 2.24) is 4.90 Å². The molecule has 27 heavy (non-hydrogen) atoms. The third-order valence-electron chi connectivity index (χ3n) is 6.01. The van der Waals surface area contributed by atoms with Crippen LogP contribution in [0.4, 0.5) is 0 Å². The number of nitrogens with zero attached hydrogens (tertiary/aromatic N) is 1. The molecule has 3 aromatic rings. The van der Waals surface area contributed by atoms with E-state index >= 15 is 0 Å². The van der Waals surface area contributed by atoms with Crippen LogP contribution >= 0.6 is 0 Å². The maximum Gasteiger partial charge on any atom is 0.0724 e. The zero-order chi connectivity index (χ0) is 18.9. The molecule has 0 bridgehead atoms. The van der Waals surface area contributed by atoms with Gasteiger partial charge in [0, 0.05) is 18.0 Å². The van der Waals surface area contributed by atoms with Crippen molar-refractivity contribution in [3.8, 4) is 0 Å². The van der Waals surface area contributed by atoms with Crippen molar-refractivity contribution in [2.24, 2.45) is 0 Å². The molecule has 0 aromatic heterocycles. The molecule has 2 heteroatoms. The Kier molecular flexibility index (Phi) is 4.86. The van der Waals surface area contributed by atoms with Crippen LogP contribution in [0.1, 0.15) is 48.0 Å². The summed E-state index contributed by atoms with van der Waals surface area (Å²) >= 11 is 0. The first-order valence-corrected chi connectivity index (χ1v) is 9.67. The second kappa shape index (κ2) is 7.30. The van der Waals surface area contributed by atoms with Gasteiger partial charge in [0.2, 0.25) is 0 Å². The first-order chi connectivity index (χ1) is 13.1. The molecule has 1 fully saturated rings. The van der Waals surface area contributed by atoms with E-state index in [0.29, 0.717) is 6.42 Å². The lowest BCUT2D eigenvalue weighted by Gasteiger charge is -2.52.